The molecule has 0 spiro atoms. The second-order valence-corrected chi connectivity index (χ2v) is 15.6. The molecule has 0 aliphatic carbocycles. The molecule has 0 radical (unpaired) electrons. The Kier molecular flexibility index (Phi) is 39.6. The van der Waals surface area contributed by atoms with Crippen molar-refractivity contribution in [2.45, 2.75) is 187 Å². The highest BCUT2D eigenvalue weighted by atomic mass is 31.2. The quantitative estimate of drug-likeness (QED) is 0.0269. The van der Waals surface area contributed by atoms with Gasteiger partial charge < -0.3 is 20.1 Å². The largest absolute Gasteiger partial charge is 0.472 e. The Hall–Kier alpha value is -2.29. The summed E-state index contributed by atoms with van der Waals surface area (Å²) in [6.07, 6.45) is 48.4. The summed E-state index contributed by atoms with van der Waals surface area (Å²) in [5, 5.41) is 0. The zero-order valence-corrected chi connectivity index (χ0v) is 35.8. The van der Waals surface area contributed by atoms with Crippen LogP contribution >= 0.6 is 7.82 Å². The van der Waals surface area contributed by atoms with E-state index in [-0.39, 0.29) is 32.6 Å². The fourth-order valence-electron chi connectivity index (χ4n) is 5.70. The summed E-state index contributed by atoms with van der Waals surface area (Å²) in [6, 6.07) is 0. The molecule has 0 heterocycles. The van der Waals surface area contributed by atoms with Crippen LogP contribution in [0.1, 0.15) is 181 Å². The van der Waals surface area contributed by atoms with Crippen LogP contribution in [0.25, 0.3) is 0 Å². The van der Waals surface area contributed by atoms with Crippen molar-refractivity contribution in [3.63, 3.8) is 0 Å². The van der Waals surface area contributed by atoms with E-state index in [2.05, 4.69) is 62.5 Å². The third kappa shape index (κ3) is 41.2. The molecule has 10 heteroatoms. The summed E-state index contributed by atoms with van der Waals surface area (Å²) in [5.74, 6) is -0.912. The lowest BCUT2D eigenvalue weighted by atomic mass is 10.0. The Morgan fingerprint density at radius 2 is 1.04 bits per heavy atom. The number of hydrogen-bond acceptors (Lipinski definition) is 8. The van der Waals surface area contributed by atoms with Gasteiger partial charge in [0.05, 0.1) is 13.2 Å². The Morgan fingerprint density at radius 1 is 0.564 bits per heavy atom. The van der Waals surface area contributed by atoms with Gasteiger partial charge in [0.2, 0.25) is 0 Å². The molecule has 2 atom stereocenters. The van der Waals surface area contributed by atoms with Crippen molar-refractivity contribution < 1.29 is 37.6 Å². The Balaban J connectivity index is 4.15. The minimum atomic E-state index is -4.39. The molecule has 2 unspecified atom stereocenters. The molecule has 0 saturated carbocycles. The van der Waals surface area contributed by atoms with Crippen LogP contribution in [-0.2, 0) is 32.7 Å². The molecule has 0 saturated heterocycles. The number of rotatable bonds is 40. The van der Waals surface area contributed by atoms with Crippen molar-refractivity contribution in [3.05, 3.63) is 60.8 Å². The molecule has 0 amide bonds. The first-order valence-electron chi connectivity index (χ1n) is 21.8. The lowest BCUT2D eigenvalue weighted by Gasteiger charge is -2.19. The van der Waals surface area contributed by atoms with Crippen molar-refractivity contribution in [1.82, 2.24) is 0 Å². The van der Waals surface area contributed by atoms with Crippen LogP contribution in [0, 0.1) is 0 Å². The van der Waals surface area contributed by atoms with E-state index < -0.39 is 32.5 Å². The zero-order chi connectivity index (χ0) is 40.3. The van der Waals surface area contributed by atoms with Crippen molar-refractivity contribution in [2.75, 3.05) is 26.4 Å². The molecule has 0 aliphatic rings. The van der Waals surface area contributed by atoms with Gasteiger partial charge >= 0.3 is 19.8 Å². The SMILES string of the molecule is CC/C=C/C/C=C/C/C=C/CCCCCCCCCCCCCC(=O)OCC(COP(=O)(O)OCCN)OC(=O)CC/C=C/C/C=C/CCCCCCCC. The smallest absolute Gasteiger partial charge is 0.462 e. The first-order chi connectivity index (χ1) is 26.8. The number of phosphoric acid groups is 1. The molecule has 55 heavy (non-hydrogen) atoms. The van der Waals surface area contributed by atoms with Crippen LogP contribution in [0.2, 0.25) is 0 Å². The van der Waals surface area contributed by atoms with Gasteiger partial charge in [-0.3, -0.25) is 18.6 Å². The Morgan fingerprint density at radius 3 is 1.56 bits per heavy atom. The number of carbonyl (C=O) groups is 2. The first-order valence-corrected chi connectivity index (χ1v) is 23.3. The second kappa shape index (κ2) is 41.3. The van der Waals surface area contributed by atoms with Crippen LogP contribution < -0.4 is 5.73 Å². The summed E-state index contributed by atoms with van der Waals surface area (Å²) in [5.41, 5.74) is 5.34. The van der Waals surface area contributed by atoms with Gasteiger partial charge in [0.15, 0.2) is 6.10 Å². The minimum Gasteiger partial charge on any atom is -0.462 e. The number of unbranched alkanes of at least 4 members (excludes halogenated alkanes) is 17. The number of esters is 2. The molecule has 0 rings (SSSR count). The molecular weight excluding hydrogens is 713 g/mol. The molecule has 0 aliphatic heterocycles. The lowest BCUT2D eigenvalue weighted by molar-refractivity contribution is -0.161. The highest BCUT2D eigenvalue weighted by Crippen LogP contribution is 2.43. The van der Waals surface area contributed by atoms with Gasteiger partial charge in [-0.25, -0.2) is 4.57 Å². The van der Waals surface area contributed by atoms with E-state index in [1.54, 1.807) is 0 Å². The fourth-order valence-corrected chi connectivity index (χ4v) is 6.47. The van der Waals surface area contributed by atoms with Gasteiger partial charge in [-0.05, 0) is 64.2 Å². The van der Waals surface area contributed by atoms with E-state index in [0.29, 0.717) is 6.42 Å². The van der Waals surface area contributed by atoms with Crippen LogP contribution in [0.4, 0.5) is 0 Å². The van der Waals surface area contributed by atoms with Gasteiger partial charge in [0.1, 0.15) is 6.61 Å². The van der Waals surface area contributed by atoms with Gasteiger partial charge in [-0.1, -0.05) is 164 Å². The highest BCUT2D eigenvalue weighted by molar-refractivity contribution is 7.47. The van der Waals surface area contributed by atoms with E-state index in [4.69, 9.17) is 24.3 Å². The van der Waals surface area contributed by atoms with Crippen LogP contribution in [0.5, 0.6) is 0 Å². The van der Waals surface area contributed by atoms with Crippen molar-refractivity contribution in [2.24, 2.45) is 5.73 Å². The monoisotopic (exact) mass is 794 g/mol. The molecule has 0 aromatic rings. The predicted octanol–water partition coefficient (Wildman–Crippen LogP) is 12.5. The van der Waals surface area contributed by atoms with Gasteiger partial charge in [-0.2, -0.15) is 0 Å². The second-order valence-electron chi connectivity index (χ2n) is 14.2. The molecule has 318 valence electrons. The van der Waals surface area contributed by atoms with E-state index in [9.17, 15) is 19.0 Å². The third-order valence-corrected chi connectivity index (χ3v) is 9.89. The maximum Gasteiger partial charge on any atom is 0.472 e. The molecule has 3 N–H and O–H groups in total. The summed E-state index contributed by atoms with van der Waals surface area (Å²) in [4.78, 5) is 34.8. The van der Waals surface area contributed by atoms with E-state index in [1.165, 1.54) is 89.9 Å². The maximum atomic E-state index is 12.5. The first kappa shape index (κ1) is 52.7. The van der Waals surface area contributed by atoms with E-state index in [1.807, 2.05) is 12.2 Å². The third-order valence-electron chi connectivity index (χ3n) is 8.90. The Labute approximate surface area is 336 Å². The zero-order valence-electron chi connectivity index (χ0n) is 34.9. The number of ether oxygens (including phenoxy) is 2. The standard InChI is InChI=1S/C45H80NO8P/c1-3-5-7-9-11-13-15-17-18-19-20-21-22-23-24-26-27-29-31-33-35-37-44(47)51-41-43(42-53-55(49,50)52-40-39-46)54-45(48)38-36-34-32-30-28-25-16-14-12-10-8-6-4-2/h5,7,11,13,17-18,25,28,32,34,43H,3-4,6,8-10,12,14-16,19-24,26-27,29-31,33,35-42,46H2,1-2H3,(H,49,50)/b7-5+,13-11+,18-17+,28-25+,34-32+. The minimum absolute atomic E-state index is 0.0435. The molecule has 0 aromatic heterocycles. The molecule has 0 bridgehead atoms. The average molecular weight is 794 g/mol. The van der Waals surface area contributed by atoms with Gasteiger partial charge in [0, 0.05) is 19.4 Å². The highest BCUT2D eigenvalue weighted by Gasteiger charge is 2.25. The number of nitrogens with two attached hydrogens (primary N) is 1. The molecule has 9 nitrogen and oxygen atoms in total. The number of allylic oxidation sites excluding steroid dienone is 10. The fraction of sp³-hybridized carbons (Fsp3) is 0.733. The summed E-state index contributed by atoms with van der Waals surface area (Å²) >= 11 is 0. The van der Waals surface area contributed by atoms with Crippen LogP contribution in [0.3, 0.4) is 0 Å². The van der Waals surface area contributed by atoms with Gasteiger partial charge in [0.25, 0.3) is 0 Å². The van der Waals surface area contributed by atoms with Gasteiger partial charge in [-0.15, -0.1) is 0 Å². The van der Waals surface area contributed by atoms with Crippen LogP contribution in [-0.4, -0.2) is 49.3 Å². The topological polar surface area (TPSA) is 134 Å². The summed E-state index contributed by atoms with van der Waals surface area (Å²) in [6.45, 7) is 3.54. The van der Waals surface area contributed by atoms with Crippen LogP contribution in [0.15, 0.2) is 60.8 Å². The van der Waals surface area contributed by atoms with E-state index in [0.717, 1.165) is 57.8 Å². The summed E-state index contributed by atoms with van der Waals surface area (Å²) in [7, 11) is -4.39. The number of phosphoric ester groups is 1. The molecule has 0 aromatic carbocycles. The Bertz CT molecular complexity index is 1090. The number of carbonyl (C=O) groups excluding carboxylic acids is 2. The molecular formula is C45H80NO8P. The predicted molar refractivity (Wildman–Crippen MR) is 229 cm³/mol. The maximum absolute atomic E-state index is 12.5. The van der Waals surface area contributed by atoms with Crippen molar-refractivity contribution >= 4 is 19.8 Å². The summed E-state index contributed by atoms with van der Waals surface area (Å²) < 4.78 is 32.7. The lowest BCUT2D eigenvalue weighted by Crippen LogP contribution is -2.29. The molecule has 0 fully saturated rings. The van der Waals surface area contributed by atoms with Crippen molar-refractivity contribution in [1.29, 1.82) is 0 Å². The number of hydrogen-bond donors (Lipinski definition) is 2. The van der Waals surface area contributed by atoms with E-state index >= 15 is 0 Å². The average Bonchev–Trinajstić information content (AvgIpc) is 3.17. The van der Waals surface area contributed by atoms with Crippen molar-refractivity contribution in [3.8, 4) is 0 Å². The normalized spacial score (nSPS) is 13.9.